The van der Waals surface area contributed by atoms with E-state index in [1.807, 2.05) is 0 Å². The lowest BCUT2D eigenvalue weighted by Crippen LogP contribution is -2.40. The fourth-order valence-electron chi connectivity index (χ4n) is 3.66. The monoisotopic (exact) mass is 542 g/mol. The van der Waals surface area contributed by atoms with Gasteiger partial charge in [0.25, 0.3) is 0 Å². The molecule has 0 aliphatic carbocycles. The second kappa shape index (κ2) is 15.4. The molecule has 3 aromatic carbocycles. The van der Waals surface area contributed by atoms with Crippen molar-refractivity contribution in [1.29, 1.82) is 0 Å². The van der Waals surface area contributed by atoms with Crippen LogP contribution in [0.3, 0.4) is 0 Å². The number of rotatable bonds is 15. The highest BCUT2D eigenvalue weighted by atomic mass is 19.1. The molecule has 0 radical (unpaired) electrons. The number of nitrogens with one attached hydrogen (secondary N) is 1. The number of carbonyl (C=O) groups is 2. The standard InChI is InChI=1S/C29H32F2N2O6/c1-2-38-27(28(34)35)18-21-8-12-26(13-9-21)39-17-15-33(29(36)32-25-5-3-4-24(31)19-25)14-16-37-20-22-6-10-23(30)11-7-22/h3-13,19,27H,2,14-18,20H2,1H3,(H,32,36)(H,34,35). The average Bonchev–Trinajstić information content (AvgIpc) is 2.91. The van der Waals surface area contributed by atoms with Crippen LogP contribution in [0.15, 0.2) is 72.8 Å². The van der Waals surface area contributed by atoms with E-state index in [9.17, 15) is 23.5 Å². The lowest BCUT2D eigenvalue weighted by atomic mass is 10.1. The first kappa shape index (κ1) is 29.5. The summed E-state index contributed by atoms with van der Waals surface area (Å²) in [5.74, 6) is -1.26. The van der Waals surface area contributed by atoms with Crippen molar-refractivity contribution in [3.63, 3.8) is 0 Å². The minimum absolute atomic E-state index is 0.171. The maximum Gasteiger partial charge on any atom is 0.333 e. The predicted octanol–water partition coefficient (Wildman–Crippen LogP) is 5.13. The van der Waals surface area contributed by atoms with Gasteiger partial charge in [-0.2, -0.15) is 0 Å². The average molecular weight is 543 g/mol. The topological polar surface area (TPSA) is 97.3 Å². The van der Waals surface area contributed by atoms with Crippen molar-refractivity contribution in [2.45, 2.75) is 26.1 Å². The molecule has 8 nitrogen and oxygen atoms in total. The number of benzene rings is 3. The van der Waals surface area contributed by atoms with Crippen molar-refractivity contribution in [2.24, 2.45) is 0 Å². The van der Waals surface area contributed by atoms with Crippen LogP contribution in [0.2, 0.25) is 0 Å². The van der Waals surface area contributed by atoms with Crippen molar-refractivity contribution in [3.05, 3.63) is 95.6 Å². The second-order valence-corrected chi connectivity index (χ2v) is 8.59. The molecular formula is C29H32F2N2O6. The van der Waals surface area contributed by atoms with Gasteiger partial charge in [0.05, 0.1) is 19.8 Å². The molecule has 0 bridgehead atoms. The zero-order valence-electron chi connectivity index (χ0n) is 21.6. The van der Waals surface area contributed by atoms with Gasteiger partial charge in [0.15, 0.2) is 6.10 Å². The number of urea groups is 1. The number of anilines is 1. The van der Waals surface area contributed by atoms with Crippen LogP contribution < -0.4 is 10.1 Å². The highest BCUT2D eigenvalue weighted by Gasteiger charge is 2.18. The van der Waals surface area contributed by atoms with Gasteiger partial charge in [-0.15, -0.1) is 0 Å². The van der Waals surface area contributed by atoms with E-state index in [2.05, 4.69) is 5.32 Å². The Balaban J connectivity index is 1.54. The van der Waals surface area contributed by atoms with E-state index in [-0.39, 0.29) is 45.1 Å². The second-order valence-electron chi connectivity index (χ2n) is 8.59. The normalized spacial score (nSPS) is 11.6. The summed E-state index contributed by atoms with van der Waals surface area (Å²) in [5.41, 5.74) is 1.91. The zero-order valence-corrected chi connectivity index (χ0v) is 21.6. The van der Waals surface area contributed by atoms with Crippen LogP contribution in [0.25, 0.3) is 0 Å². The van der Waals surface area contributed by atoms with Gasteiger partial charge in [0, 0.05) is 25.3 Å². The number of ether oxygens (including phenoxy) is 3. The number of hydrogen-bond acceptors (Lipinski definition) is 5. The smallest absolute Gasteiger partial charge is 0.333 e. The van der Waals surface area contributed by atoms with Gasteiger partial charge in [-0.1, -0.05) is 30.3 Å². The number of carbonyl (C=O) groups excluding carboxylic acids is 1. The van der Waals surface area contributed by atoms with Crippen molar-refractivity contribution >= 4 is 17.7 Å². The van der Waals surface area contributed by atoms with Crippen molar-refractivity contribution in [1.82, 2.24) is 4.90 Å². The van der Waals surface area contributed by atoms with Crippen LogP contribution in [-0.4, -0.2) is 61.0 Å². The number of halogens is 2. The van der Waals surface area contributed by atoms with Gasteiger partial charge >= 0.3 is 12.0 Å². The molecule has 0 saturated carbocycles. The first-order chi connectivity index (χ1) is 18.8. The Bertz CT molecular complexity index is 1190. The summed E-state index contributed by atoms with van der Waals surface area (Å²) in [7, 11) is 0. The van der Waals surface area contributed by atoms with Crippen molar-refractivity contribution in [3.8, 4) is 5.75 Å². The molecule has 2 N–H and O–H groups in total. The molecule has 208 valence electrons. The lowest BCUT2D eigenvalue weighted by molar-refractivity contribution is -0.149. The first-order valence-electron chi connectivity index (χ1n) is 12.5. The fraction of sp³-hybridized carbons (Fsp3) is 0.310. The van der Waals surface area contributed by atoms with E-state index < -0.39 is 23.9 Å². The molecule has 2 amide bonds. The quantitative estimate of drug-likeness (QED) is 0.259. The Morgan fingerprint density at radius 1 is 0.923 bits per heavy atom. The summed E-state index contributed by atoms with van der Waals surface area (Å²) in [6, 6.07) is 18.1. The Morgan fingerprint density at radius 3 is 2.28 bits per heavy atom. The number of carboxylic acids is 1. The summed E-state index contributed by atoms with van der Waals surface area (Å²) >= 11 is 0. The van der Waals surface area contributed by atoms with Crippen LogP contribution in [0, 0.1) is 11.6 Å². The Kier molecular flexibility index (Phi) is 11.7. The van der Waals surface area contributed by atoms with Crippen molar-refractivity contribution < 1.29 is 37.7 Å². The molecule has 3 rings (SSSR count). The molecule has 0 saturated heterocycles. The maximum atomic E-state index is 13.6. The molecule has 1 unspecified atom stereocenters. The van der Waals surface area contributed by atoms with Crippen LogP contribution in [0.1, 0.15) is 18.1 Å². The molecule has 0 aliphatic rings. The summed E-state index contributed by atoms with van der Waals surface area (Å²) in [5, 5.41) is 11.9. The Hall–Kier alpha value is -4.02. The van der Waals surface area contributed by atoms with Crippen molar-refractivity contribution in [2.75, 3.05) is 38.2 Å². The largest absolute Gasteiger partial charge is 0.492 e. The lowest BCUT2D eigenvalue weighted by Gasteiger charge is -2.23. The minimum atomic E-state index is -1.02. The van der Waals surface area contributed by atoms with Gasteiger partial charge in [0.2, 0.25) is 0 Å². The van der Waals surface area contributed by atoms with Gasteiger partial charge in [-0.05, 0) is 60.5 Å². The molecule has 0 heterocycles. The van der Waals surface area contributed by atoms with E-state index in [0.717, 1.165) is 11.1 Å². The highest BCUT2D eigenvalue weighted by Crippen LogP contribution is 2.15. The van der Waals surface area contributed by atoms with E-state index in [4.69, 9.17) is 14.2 Å². The highest BCUT2D eigenvalue weighted by molar-refractivity contribution is 5.89. The molecule has 3 aromatic rings. The number of hydrogen-bond donors (Lipinski definition) is 2. The summed E-state index contributed by atoms with van der Waals surface area (Å²) in [6.07, 6.45) is -0.688. The Morgan fingerprint density at radius 2 is 1.62 bits per heavy atom. The summed E-state index contributed by atoms with van der Waals surface area (Å²) in [6.45, 7) is 3.14. The molecule has 0 aliphatic heterocycles. The number of amides is 2. The van der Waals surface area contributed by atoms with Crippen LogP contribution in [-0.2, 0) is 27.3 Å². The van der Waals surface area contributed by atoms with Crippen LogP contribution in [0.5, 0.6) is 5.75 Å². The Labute approximate surface area is 226 Å². The first-order valence-corrected chi connectivity index (χ1v) is 12.5. The third-order valence-corrected chi connectivity index (χ3v) is 5.67. The number of aliphatic carboxylic acids is 1. The number of carboxylic acid groups (broad SMARTS) is 1. The molecule has 0 fully saturated rings. The predicted molar refractivity (Wildman–Crippen MR) is 142 cm³/mol. The fourth-order valence-corrected chi connectivity index (χ4v) is 3.66. The molecule has 39 heavy (non-hydrogen) atoms. The summed E-state index contributed by atoms with van der Waals surface area (Å²) in [4.78, 5) is 25.7. The third kappa shape index (κ3) is 10.3. The van der Waals surface area contributed by atoms with E-state index in [1.54, 1.807) is 49.4 Å². The van der Waals surface area contributed by atoms with Gasteiger partial charge < -0.3 is 29.5 Å². The van der Waals surface area contributed by atoms with E-state index >= 15 is 0 Å². The van der Waals surface area contributed by atoms with Gasteiger partial charge in [0.1, 0.15) is 24.0 Å². The molecule has 10 heteroatoms. The van der Waals surface area contributed by atoms with E-state index in [1.165, 1.54) is 35.2 Å². The molecule has 1 atom stereocenters. The van der Waals surface area contributed by atoms with Gasteiger partial charge in [-0.3, -0.25) is 0 Å². The molecule has 0 aromatic heterocycles. The van der Waals surface area contributed by atoms with Crippen LogP contribution in [0.4, 0.5) is 19.3 Å². The third-order valence-electron chi connectivity index (χ3n) is 5.67. The van der Waals surface area contributed by atoms with Crippen LogP contribution >= 0.6 is 0 Å². The number of nitrogens with zero attached hydrogens (tertiary/aromatic N) is 1. The zero-order chi connectivity index (χ0) is 28.0. The van der Waals surface area contributed by atoms with Gasteiger partial charge in [-0.25, -0.2) is 18.4 Å². The molecule has 0 spiro atoms. The maximum absolute atomic E-state index is 13.6. The molecular weight excluding hydrogens is 510 g/mol. The van der Waals surface area contributed by atoms with E-state index in [0.29, 0.717) is 18.0 Å². The summed E-state index contributed by atoms with van der Waals surface area (Å²) < 4.78 is 43.3. The SMILES string of the molecule is CCOC(Cc1ccc(OCCN(CCOCc2ccc(F)cc2)C(=O)Nc2cccc(F)c2)cc1)C(=O)O. The minimum Gasteiger partial charge on any atom is -0.492 e.